The van der Waals surface area contributed by atoms with Crippen LogP contribution in [0, 0.1) is 0 Å². The van der Waals surface area contributed by atoms with Gasteiger partial charge in [0.05, 0.1) is 6.54 Å². The van der Waals surface area contributed by atoms with Gasteiger partial charge in [-0.15, -0.1) is 0 Å². The van der Waals surface area contributed by atoms with E-state index in [1.165, 1.54) is 5.56 Å². The Morgan fingerprint density at radius 2 is 1.50 bits per heavy atom. The molecule has 0 saturated heterocycles. The summed E-state index contributed by atoms with van der Waals surface area (Å²) in [6.45, 7) is 1.16. The Bertz CT molecular complexity index is 891. The predicted octanol–water partition coefficient (Wildman–Crippen LogP) is 4.75. The second-order valence-electron chi connectivity index (χ2n) is 6.53. The van der Waals surface area contributed by atoms with E-state index >= 15 is 0 Å². The van der Waals surface area contributed by atoms with Crippen molar-refractivity contribution in [3.05, 3.63) is 95.6 Å². The third kappa shape index (κ3) is 3.62. The number of rotatable bonds is 5. The lowest BCUT2D eigenvalue weighted by molar-refractivity contribution is -0.119. The number of carbonyl (C=O) groups is 1. The van der Waals surface area contributed by atoms with Gasteiger partial charge in [-0.2, -0.15) is 0 Å². The van der Waals surface area contributed by atoms with Gasteiger partial charge in [-0.25, -0.2) is 0 Å². The molecular formula is C23H21NO2. The Hall–Kier alpha value is -3.07. The van der Waals surface area contributed by atoms with E-state index in [-0.39, 0.29) is 5.91 Å². The zero-order valence-corrected chi connectivity index (χ0v) is 14.6. The molecule has 0 N–H and O–H groups in total. The zero-order valence-electron chi connectivity index (χ0n) is 14.6. The summed E-state index contributed by atoms with van der Waals surface area (Å²) in [5.74, 6) is 1.03. The Labute approximate surface area is 153 Å². The molecule has 3 nitrogen and oxygen atoms in total. The van der Waals surface area contributed by atoms with Crippen molar-refractivity contribution in [3.8, 4) is 5.75 Å². The molecule has 26 heavy (non-hydrogen) atoms. The highest BCUT2D eigenvalue weighted by Crippen LogP contribution is 2.32. The molecule has 3 aromatic carbocycles. The van der Waals surface area contributed by atoms with Gasteiger partial charge in [-0.3, -0.25) is 4.79 Å². The van der Waals surface area contributed by atoms with Gasteiger partial charge in [0.15, 0.2) is 0 Å². The highest BCUT2D eigenvalue weighted by molar-refractivity contribution is 5.96. The highest BCUT2D eigenvalue weighted by Gasteiger charge is 2.24. The molecule has 0 spiro atoms. The fourth-order valence-corrected chi connectivity index (χ4v) is 3.31. The first kappa shape index (κ1) is 16.4. The minimum atomic E-state index is 0.180. The minimum absolute atomic E-state index is 0.180. The Kier molecular flexibility index (Phi) is 4.69. The van der Waals surface area contributed by atoms with Gasteiger partial charge in [0.1, 0.15) is 12.4 Å². The molecule has 0 unspecified atom stereocenters. The maximum atomic E-state index is 12.5. The largest absolute Gasteiger partial charge is 0.489 e. The van der Waals surface area contributed by atoms with E-state index in [1.807, 2.05) is 53.4 Å². The summed E-state index contributed by atoms with van der Waals surface area (Å²) in [7, 11) is 0. The lowest BCUT2D eigenvalue weighted by Gasteiger charge is -2.30. The number of benzene rings is 3. The summed E-state index contributed by atoms with van der Waals surface area (Å²) in [4.78, 5) is 14.3. The molecule has 0 aliphatic carbocycles. The number of amides is 1. The predicted molar refractivity (Wildman–Crippen MR) is 103 cm³/mol. The van der Waals surface area contributed by atoms with E-state index in [1.54, 1.807) is 0 Å². The van der Waals surface area contributed by atoms with Crippen molar-refractivity contribution in [1.29, 1.82) is 0 Å². The fourth-order valence-electron chi connectivity index (χ4n) is 3.31. The van der Waals surface area contributed by atoms with Crippen molar-refractivity contribution in [2.24, 2.45) is 0 Å². The second-order valence-corrected chi connectivity index (χ2v) is 6.53. The molecule has 3 aromatic rings. The number of ether oxygens (including phenoxy) is 1. The van der Waals surface area contributed by atoms with E-state index in [0.717, 1.165) is 29.0 Å². The van der Waals surface area contributed by atoms with Gasteiger partial charge in [-0.1, -0.05) is 60.7 Å². The van der Waals surface area contributed by atoms with Crippen LogP contribution in [-0.4, -0.2) is 5.91 Å². The molecule has 0 fully saturated rings. The zero-order chi connectivity index (χ0) is 17.8. The van der Waals surface area contributed by atoms with Crippen molar-refractivity contribution < 1.29 is 9.53 Å². The maximum Gasteiger partial charge on any atom is 0.227 e. The number of fused-ring (bicyclic) bond motifs is 1. The fraction of sp³-hybridized carbons (Fsp3) is 0.174. The average molecular weight is 343 g/mol. The SMILES string of the molecule is O=C1CCc2cc(OCc3ccccc3)ccc2N1Cc1ccccc1. The first-order chi connectivity index (χ1) is 12.8. The number of aryl methyl sites for hydroxylation is 1. The summed E-state index contributed by atoms with van der Waals surface area (Å²) in [6.07, 6.45) is 1.31. The standard InChI is InChI=1S/C23H21NO2/c25-23-14-11-20-15-21(26-17-19-9-5-2-6-10-19)12-13-22(20)24(23)16-18-7-3-1-4-8-18/h1-10,12-13,15H,11,14,16-17H2. The normalized spacial score (nSPS) is 13.4. The molecule has 1 aliphatic heterocycles. The van der Waals surface area contributed by atoms with Crippen LogP contribution in [0.3, 0.4) is 0 Å². The summed E-state index contributed by atoms with van der Waals surface area (Å²) in [6, 6.07) is 26.3. The van der Waals surface area contributed by atoms with Crippen molar-refractivity contribution >= 4 is 11.6 Å². The van der Waals surface area contributed by atoms with Gasteiger partial charge < -0.3 is 9.64 Å². The second kappa shape index (κ2) is 7.44. The molecule has 4 rings (SSSR count). The lowest BCUT2D eigenvalue weighted by atomic mass is 10.00. The van der Waals surface area contributed by atoms with E-state index in [0.29, 0.717) is 19.6 Å². The molecule has 0 bridgehead atoms. The number of nitrogens with zero attached hydrogens (tertiary/aromatic N) is 1. The van der Waals surface area contributed by atoms with Crippen molar-refractivity contribution in [3.63, 3.8) is 0 Å². The van der Waals surface area contributed by atoms with Gasteiger partial charge in [0.2, 0.25) is 5.91 Å². The summed E-state index contributed by atoms with van der Waals surface area (Å²) >= 11 is 0. The van der Waals surface area contributed by atoms with E-state index in [9.17, 15) is 4.79 Å². The van der Waals surface area contributed by atoms with Crippen molar-refractivity contribution in [2.45, 2.75) is 26.0 Å². The number of anilines is 1. The van der Waals surface area contributed by atoms with Crippen LogP contribution in [0.1, 0.15) is 23.1 Å². The van der Waals surface area contributed by atoms with Crippen LogP contribution in [0.15, 0.2) is 78.9 Å². The molecule has 130 valence electrons. The molecule has 1 aliphatic rings. The van der Waals surface area contributed by atoms with Crippen LogP contribution in [0.25, 0.3) is 0 Å². The quantitative estimate of drug-likeness (QED) is 0.669. The first-order valence-corrected chi connectivity index (χ1v) is 8.93. The Balaban J connectivity index is 1.52. The number of hydrogen-bond donors (Lipinski definition) is 0. The van der Waals surface area contributed by atoms with Crippen LogP contribution in [0.4, 0.5) is 5.69 Å². The van der Waals surface area contributed by atoms with Crippen molar-refractivity contribution in [1.82, 2.24) is 0 Å². The summed E-state index contributed by atoms with van der Waals surface area (Å²) < 4.78 is 5.94. The van der Waals surface area contributed by atoms with Gasteiger partial charge >= 0.3 is 0 Å². The van der Waals surface area contributed by atoms with E-state index in [2.05, 4.69) is 30.3 Å². The molecule has 1 heterocycles. The van der Waals surface area contributed by atoms with Gasteiger partial charge in [-0.05, 0) is 41.3 Å². The van der Waals surface area contributed by atoms with Crippen LogP contribution >= 0.6 is 0 Å². The Morgan fingerprint density at radius 1 is 0.808 bits per heavy atom. The summed E-state index contributed by atoms with van der Waals surface area (Å²) in [5, 5.41) is 0. The summed E-state index contributed by atoms with van der Waals surface area (Å²) in [5.41, 5.74) is 4.45. The molecule has 0 aromatic heterocycles. The molecule has 0 radical (unpaired) electrons. The van der Waals surface area contributed by atoms with Crippen LogP contribution in [-0.2, 0) is 24.4 Å². The van der Waals surface area contributed by atoms with Crippen molar-refractivity contribution in [2.75, 3.05) is 4.90 Å². The molecule has 0 saturated carbocycles. The number of hydrogen-bond acceptors (Lipinski definition) is 2. The molecule has 3 heteroatoms. The monoisotopic (exact) mass is 343 g/mol. The number of carbonyl (C=O) groups excluding carboxylic acids is 1. The third-order valence-electron chi connectivity index (χ3n) is 4.68. The topological polar surface area (TPSA) is 29.5 Å². The third-order valence-corrected chi connectivity index (χ3v) is 4.68. The lowest BCUT2D eigenvalue weighted by Crippen LogP contribution is -2.34. The minimum Gasteiger partial charge on any atom is -0.489 e. The van der Waals surface area contributed by atoms with E-state index in [4.69, 9.17) is 4.74 Å². The Morgan fingerprint density at radius 3 is 2.23 bits per heavy atom. The van der Waals surface area contributed by atoms with E-state index < -0.39 is 0 Å². The molecule has 1 amide bonds. The first-order valence-electron chi connectivity index (χ1n) is 8.93. The smallest absolute Gasteiger partial charge is 0.227 e. The average Bonchev–Trinajstić information content (AvgIpc) is 2.70. The highest BCUT2D eigenvalue weighted by atomic mass is 16.5. The van der Waals surface area contributed by atoms with Gasteiger partial charge in [0.25, 0.3) is 0 Å². The molecule has 0 atom stereocenters. The maximum absolute atomic E-state index is 12.5. The van der Waals surface area contributed by atoms with Crippen LogP contribution < -0.4 is 9.64 Å². The van der Waals surface area contributed by atoms with Crippen LogP contribution in [0.2, 0.25) is 0 Å². The van der Waals surface area contributed by atoms with Crippen LogP contribution in [0.5, 0.6) is 5.75 Å². The molecular weight excluding hydrogens is 322 g/mol. The van der Waals surface area contributed by atoms with Gasteiger partial charge in [0, 0.05) is 12.1 Å².